The van der Waals surface area contributed by atoms with Crippen molar-refractivity contribution in [3.05, 3.63) is 45.8 Å². The molecule has 0 aliphatic heterocycles. The number of ether oxygens (including phenoxy) is 1. The predicted octanol–water partition coefficient (Wildman–Crippen LogP) is 3.27. The standard InChI is InChI=1S/C14H17FN2O4/c1-14(2,3)21-13(18)16-8-4-5-10-9-11(17(19)20)6-7-12(10)15/h4-7,9H,8H2,1-3H3,(H,16,18). The molecule has 0 atom stereocenters. The summed E-state index contributed by atoms with van der Waals surface area (Å²) in [5, 5.41) is 13.1. The number of alkyl carbamates (subject to hydrolysis) is 1. The van der Waals surface area contributed by atoms with Crippen molar-refractivity contribution in [1.29, 1.82) is 0 Å². The third-order valence-corrected chi connectivity index (χ3v) is 2.25. The number of halogens is 1. The van der Waals surface area contributed by atoms with Crippen LogP contribution in [0.3, 0.4) is 0 Å². The second-order valence-electron chi connectivity index (χ2n) is 5.25. The van der Waals surface area contributed by atoms with Crippen LogP contribution in [0.5, 0.6) is 0 Å². The molecule has 0 aromatic heterocycles. The summed E-state index contributed by atoms with van der Waals surface area (Å²) in [6.45, 7) is 5.33. The number of nitro groups is 1. The molecule has 0 bridgehead atoms. The number of nitro benzene ring substituents is 1. The minimum atomic E-state index is -0.601. The van der Waals surface area contributed by atoms with Gasteiger partial charge in [0.25, 0.3) is 5.69 Å². The van der Waals surface area contributed by atoms with Crippen LogP contribution < -0.4 is 5.32 Å². The van der Waals surface area contributed by atoms with Crippen molar-refractivity contribution in [2.45, 2.75) is 26.4 Å². The molecule has 1 aromatic rings. The first-order chi connectivity index (χ1) is 9.69. The third-order valence-electron chi connectivity index (χ3n) is 2.25. The van der Waals surface area contributed by atoms with Gasteiger partial charge in [0, 0.05) is 24.2 Å². The highest BCUT2D eigenvalue weighted by Crippen LogP contribution is 2.17. The number of hydrogen-bond acceptors (Lipinski definition) is 4. The Morgan fingerprint density at radius 2 is 2.14 bits per heavy atom. The molecule has 1 aromatic carbocycles. The molecule has 7 heteroatoms. The molecule has 0 heterocycles. The molecule has 0 unspecified atom stereocenters. The summed E-state index contributed by atoms with van der Waals surface area (Å²) in [6, 6.07) is 3.24. The summed E-state index contributed by atoms with van der Waals surface area (Å²) in [5.74, 6) is -0.575. The summed E-state index contributed by atoms with van der Waals surface area (Å²) >= 11 is 0. The maximum Gasteiger partial charge on any atom is 0.407 e. The first-order valence-electron chi connectivity index (χ1n) is 6.26. The molecule has 0 aliphatic carbocycles. The predicted molar refractivity (Wildman–Crippen MR) is 76.3 cm³/mol. The average Bonchev–Trinajstić information content (AvgIpc) is 2.34. The van der Waals surface area contributed by atoms with Gasteiger partial charge < -0.3 is 10.1 Å². The number of rotatable bonds is 4. The summed E-state index contributed by atoms with van der Waals surface area (Å²) in [6.07, 6.45) is 2.25. The fourth-order valence-electron chi connectivity index (χ4n) is 1.41. The zero-order chi connectivity index (χ0) is 16.0. The highest BCUT2D eigenvalue weighted by atomic mass is 19.1. The number of carbonyl (C=O) groups excluding carboxylic acids is 1. The van der Waals surface area contributed by atoms with E-state index in [0.29, 0.717) is 0 Å². The molecule has 1 N–H and O–H groups in total. The Labute approximate surface area is 121 Å². The maximum absolute atomic E-state index is 13.5. The van der Waals surface area contributed by atoms with Crippen molar-refractivity contribution in [3.63, 3.8) is 0 Å². The molecule has 0 fully saturated rings. The van der Waals surface area contributed by atoms with E-state index in [1.165, 1.54) is 12.2 Å². The number of nitrogens with one attached hydrogen (secondary N) is 1. The quantitative estimate of drug-likeness (QED) is 0.683. The lowest BCUT2D eigenvalue weighted by Gasteiger charge is -2.19. The van der Waals surface area contributed by atoms with Crippen molar-refractivity contribution >= 4 is 17.9 Å². The van der Waals surface area contributed by atoms with E-state index >= 15 is 0 Å². The molecule has 0 radical (unpaired) electrons. The number of benzene rings is 1. The van der Waals surface area contributed by atoms with Crippen LogP contribution in [-0.2, 0) is 4.74 Å². The molecule has 0 spiro atoms. The van der Waals surface area contributed by atoms with Crippen LogP contribution in [0.4, 0.5) is 14.9 Å². The van der Waals surface area contributed by atoms with E-state index in [-0.39, 0.29) is 17.8 Å². The van der Waals surface area contributed by atoms with Crippen LogP contribution in [-0.4, -0.2) is 23.2 Å². The Morgan fingerprint density at radius 1 is 1.48 bits per heavy atom. The molecular formula is C14H17FN2O4. The van der Waals surface area contributed by atoms with Crippen molar-refractivity contribution < 1.29 is 18.8 Å². The summed E-state index contributed by atoms with van der Waals surface area (Å²) < 4.78 is 18.5. The van der Waals surface area contributed by atoms with Crippen LogP contribution in [0.2, 0.25) is 0 Å². The van der Waals surface area contributed by atoms with Gasteiger partial charge in [-0.2, -0.15) is 0 Å². The molecule has 0 saturated carbocycles. The fourth-order valence-corrected chi connectivity index (χ4v) is 1.41. The van der Waals surface area contributed by atoms with E-state index in [1.54, 1.807) is 20.8 Å². The van der Waals surface area contributed by atoms with Crippen molar-refractivity contribution in [1.82, 2.24) is 5.32 Å². The lowest BCUT2D eigenvalue weighted by atomic mass is 10.1. The number of non-ortho nitro benzene ring substituents is 1. The smallest absolute Gasteiger partial charge is 0.407 e. The molecule has 1 amide bonds. The van der Waals surface area contributed by atoms with E-state index in [0.717, 1.165) is 18.2 Å². The van der Waals surface area contributed by atoms with Crippen LogP contribution in [0, 0.1) is 15.9 Å². The Morgan fingerprint density at radius 3 is 2.71 bits per heavy atom. The average molecular weight is 296 g/mol. The van der Waals surface area contributed by atoms with Crippen molar-refractivity contribution in [2.75, 3.05) is 6.54 Å². The van der Waals surface area contributed by atoms with Gasteiger partial charge in [0.1, 0.15) is 11.4 Å². The molecular weight excluding hydrogens is 279 g/mol. The summed E-state index contributed by atoms with van der Waals surface area (Å²) in [5.41, 5.74) is -0.716. The Balaban J connectivity index is 2.60. The van der Waals surface area contributed by atoms with Gasteiger partial charge >= 0.3 is 6.09 Å². The lowest BCUT2D eigenvalue weighted by Crippen LogP contribution is -2.32. The lowest BCUT2D eigenvalue weighted by molar-refractivity contribution is -0.384. The first kappa shape index (κ1) is 16.6. The van der Waals surface area contributed by atoms with Crippen molar-refractivity contribution in [2.24, 2.45) is 0 Å². The molecule has 6 nitrogen and oxygen atoms in total. The number of nitrogens with zero attached hydrogens (tertiary/aromatic N) is 1. The van der Waals surface area contributed by atoms with Crippen LogP contribution >= 0.6 is 0 Å². The number of carbonyl (C=O) groups is 1. The van der Waals surface area contributed by atoms with Gasteiger partial charge in [-0.15, -0.1) is 0 Å². The zero-order valence-corrected chi connectivity index (χ0v) is 12.1. The zero-order valence-electron chi connectivity index (χ0n) is 12.1. The van der Waals surface area contributed by atoms with Crippen LogP contribution in [0.15, 0.2) is 24.3 Å². The minimum absolute atomic E-state index is 0.0789. The molecule has 1 rings (SSSR count). The van der Waals surface area contributed by atoms with E-state index in [2.05, 4.69) is 5.32 Å². The van der Waals surface area contributed by atoms with Gasteiger partial charge in [-0.1, -0.05) is 12.2 Å². The largest absolute Gasteiger partial charge is 0.444 e. The van der Waals surface area contributed by atoms with Gasteiger partial charge in [0.15, 0.2) is 0 Å². The third kappa shape index (κ3) is 6.03. The number of hydrogen-bond donors (Lipinski definition) is 1. The Hall–Kier alpha value is -2.44. The highest BCUT2D eigenvalue weighted by molar-refractivity contribution is 5.68. The summed E-state index contributed by atoms with van der Waals surface area (Å²) in [7, 11) is 0. The molecule has 21 heavy (non-hydrogen) atoms. The second-order valence-corrected chi connectivity index (χ2v) is 5.25. The van der Waals surface area contributed by atoms with E-state index in [9.17, 15) is 19.3 Å². The first-order valence-corrected chi connectivity index (χ1v) is 6.26. The van der Waals surface area contributed by atoms with Gasteiger partial charge in [-0.05, 0) is 26.8 Å². The minimum Gasteiger partial charge on any atom is -0.444 e. The SMILES string of the molecule is CC(C)(C)OC(=O)NCC=Cc1cc([N+](=O)[O-])ccc1F. The van der Waals surface area contributed by atoms with Gasteiger partial charge in [-0.25, -0.2) is 9.18 Å². The molecule has 0 saturated heterocycles. The highest BCUT2D eigenvalue weighted by Gasteiger charge is 2.15. The van der Waals surface area contributed by atoms with Crippen LogP contribution in [0.1, 0.15) is 26.3 Å². The second kappa shape index (κ2) is 6.83. The van der Waals surface area contributed by atoms with E-state index in [4.69, 9.17) is 4.74 Å². The van der Waals surface area contributed by atoms with Gasteiger partial charge in [-0.3, -0.25) is 10.1 Å². The normalized spacial score (nSPS) is 11.4. The maximum atomic E-state index is 13.5. The topological polar surface area (TPSA) is 81.5 Å². The fraction of sp³-hybridized carbons (Fsp3) is 0.357. The Kier molecular flexibility index (Phi) is 5.40. The van der Waals surface area contributed by atoms with Crippen LogP contribution in [0.25, 0.3) is 6.08 Å². The van der Waals surface area contributed by atoms with Gasteiger partial charge in [0.05, 0.1) is 4.92 Å². The van der Waals surface area contributed by atoms with Gasteiger partial charge in [0.2, 0.25) is 0 Å². The monoisotopic (exact) mass is 296 g/mol. The molecule has 114 valence electrons. The van der Waals surface area contributed by atoms with E-state index < -0.39 is 22.4 Å². The van der Waals surface area contributed by atoms with E-state index in [1.807, 2.05) is 0 Å². The van der Waals surface area contributed by atoms with Crippen molar-refractivity contribution in [3.8, 4) is 0 Å². The summed E-state index contributed by atoms with van der Waals surface area (Å²) in [4.78, 5) is 21.4. The molecule has 0 aliphatic rings. The Bertz CT molecular complexity index is 565. The number of amides is 1.